The van der Waals surface area contributed by atoms with Gasteiger partial charge in [0.1, 0.15) is 0 Å². The number of hydrogen-bond donors (Lipinski definition) is 1. The topological polar surface area (TPSA) is 29.1 Å². The molecule has 2 heteroatoms. The highest BCUT2D eigenvalue weighted by Gasteiger charge is 2.11. The van der Waals surface area contributed by atoms with Crippen LogP contribution in [0.3, 0.4) is 0 Å². The van der Waals surface area contributed by atoms with Crippen LogP contribution in [0.1, 0.15) is 15.9 Å². The van der Waals surface area contributed by atoms with E-state index in [9.17, 15) is 4.79 Å². The Morgan fingerprint density at radius 1 is 1.54 bits per heavy atom. The standard InChI is InChI=1S/C11H11NO/c1-2-11(13)9-4-3-8-5-6-12-10(8)7-9/h2-4,7,12H,1,5-6H2. The molecule has 1 aliphatic heterocycles. The molecule has 0 radical (unpaired) electrons. The molecule has 0 unspecified atom stereocenters. The van der Waals surface area contributed by atoms with Gasteiger partial charge in [0.15, 0.2) is 5.78 Å². The highest BCUT2D eigenvalue weighted by Crippen LogP contribution is 2.23. The van der Waals surface area contributed by atoms with Crippen molar-refractivity contribution >= 4 is 11.5 Å². The first-order valence-corrected chi connectivity index (χ1v) is 4.35. The van der Waals surface area contributed by atoms with Gasteiger partial charge in [-0.2, -0.15) is 0 Å². The van der Waals surface area contributed by atoms with Crippen molar-refractivity contribution in [3.05, 3.63) is 42.0 Å². The Morgan fingerprint density at radius 2 is 2.38 bits per heavy atom. The van der Waals surface area contributed by atoms with Crippen LogP contribution in [0.2, 0.25) is 0 Å². The van der Waals surface area contributed by atoms with Crippen LogP contribution >= 0.6 is 0 Å². The third-order valence-corrected chi connectivity index (χ3v) is 2.29. The Hall–Kier alpha value is -1.57. The number of rotatable bonds is 2. The summed E-state index contributed by atoms with van der Waals surface area (Å²) in [6, 6.07) is 5.76. The third kappa shape index (κ3) is 1.35. The van der Waals surface area contributed by atoms with Gasteiger partial charge < -0.3 is 5.32 Å². The second-order valence-electron chi connectivity index (χ2n) is 3.12. The fourth-order valence-electron chi connectivity index (χ4n) is 1.56. The summed E-state index contributed by atoms with van der Waals surface area (Å²) < 4.78 is 0. The lowest BCUT2D eigenvalue weighted by Crippen LogP contribution is -1.95. The smallest absolute Gasteiger partial charge is 0.185 e. The van der Waals surface area contributed by atoms with Crippen LogP contribution in [-0.2, 0) is 6.42 Å². The van der Waals surface area contributed by atoms with Crippen LogP contribution < -0.4 is 5.32 Å². The van der Waals surface area contributed by atoms with Gasteiger partial charge in [-0.15, -0.1) is 0 Å². The monoisotopic (exact) mass is 173 g/mol. The number of anilines is 1. The van der Waals surface area contributed by atoms with E-state index in [2.05, 4.69) is 11.9 Å². The van der Waals surface area contributed by atoms with E-state index < -0.39 is 0 Å². The number of fused-ring (bicyclic) bond motifs is 1. The minimum absolute atomic E-state index is 0.0171. The average molecular weight is 173 g/mol. The molecule has 0 spiro atoms. The summed E-state index contributed by atoms with van der Waals surface area (Å²) in [6.07, 6.45) is 2.40. The maximum atomic E-state index is 11.3. The Bertz CT molecular complexity index is 368. The van der Waals surface area contributed by atoms with Gasteiger partial charge in [-0.05, 0) is 24.1 Å². The molecule has 0 aliphatic carbocycles. The summed E-state index contributed by atoms with van der Waals surface area (Å²) in [7, 11) is 0. The maximum Gasteiger partial charge on any atom is 0.185 e. The summed E-state index contributed by atoms with van der Waals surface area (Å²) in [5.74, 6) is -0.0171. The van der Waals surface area contributed by atoms with E-state index in [-0.39, 0.29) is 5.78 Å². The Kier molecular flexibility index (Phi) is 1.89. The summed E-state index contributed by atoms with van der Waals surface area (Å²) in [5.41, 5.74) is 3.09. The van der Waals surface area contributed by atoms with Crippen LogP contribution in [0, 0.1) is 0 Å². The van der Waals surface area contributed by atoms with Crippen LogP contribution in [0.25, 0.3) is 0 Å². The Balaban J connectivity index is 2.41. The van der Waals surface area contributed by atoms with Gasteiger partial charge in [-0.1, -0.05) is 18.7 Å². The van der Waals surface area contributed by atoms with E-state index in [1.54, 1.807) is 0 Å². The van der Waals surface area contributed by atoms with Crippen LogP contribution in [-0.4, -0.2) is 12.3 Å². The number of allylic oxidation sites excluding steroid dienone is 1. The summed E-state index contributed by atoms with van der Waals surface area (Å²) in [5, 5.41) is 3.23. The molecule has 0 saturated carbocycles. The molecular formula is C11H11NO. The van der Waals surface area contributed by atoms with Crippen molar-refractivity contribution in [2.45, 2.75) is 6.42 Å². The molecule has 0 atom stereocenters. The average Bonchev–Trinajstić information content (AvgIpc) is 2.63. The highest BCUT2D eigenvalue weighted by molar-refractivity contribution is 6.04. The molecular weight excluding hydrogens is 162 g/mol. The largest absolute Gasteiger partial charge is 0.384 e. The number of hydrogen-bond acceptors (Lipinski definition) is 2. The molecule has 0 bridgehead atoms. The van der Waals surface area contributed by atoms with Crippen molar-refractivity contribution in [2.24, 2.45) is 0 Å². The highest BCUT2D eigenvalue weighted by atomic mass is 16.1. The Morgan fingerprint density at radius 3 is 3.15 bits per heavy atom. The lowest BCUT2D eigenvalue weighted by atomic mass is 10.1. The molecule has 1 N–H and O–H groups in total. The molecule has 1 aromatic carbocycles. The van der Waals surface area contributed by atoms with Gasteiger partial charge in [0.05, 0.1) is 0 Å². The number of carbonyl (C=O) groups is 1. The zero-order valence-electron chi connectivity index (χ0n) is 7.34. The van der Waals surface area contributed by atoms with Crippen molar-refractivity contribution in [1.29, 1.82) is 0 Å². The molecule has 13 heavy (non-hydrogen) atoms. The normalized spacial score (nSPS) is 13.2. The van der Waals surface area contributed by atoms with Crippen molar-refractivity contribution in [1.82, 2.24) is 0 Å². The second kappa shape index (κ2) is 3.05. The predicted octanol–water partition coefficient (Wildman–Crippen LogP) is 2.02. The lowest BCUT2D eigenvalue weighted by Gasteiger charge is -2.01. The first kappa shape index (κ1) is 8.05. The minimum Gasteiger partial charge on any atom is -0.384 e. The van der Waals surface area contributed by atoms with Crippen LogP contribution in [0.4, 0.5) is 5.69 Å². The van der Waals surface area contributed by atoms with E-state index >= 15 is 0 Å². The zero-order chi connectivity index (χ0) is 9.26. The van der Waals surface area contributed by atoms with Crippen molar-refractivity contribution < 1.29 is 4.79 Å². The minimum atomic E-state index is -0.0171. The zero-order valence-corrected chi connectivity index (χ0v) is 7.34. The number of benzene rings is 1. The lowest BCUT2D eigenvalue weighted by molar-refractivity contribution is 0.104. The third-order valence-electron chi connectivity index (χ3n) is 2.29. The molecule has 0 amide bonds. The molecule has 1 aliphatic rings. The molecule has 0 fully saturated rings. The van der Waals surface area contributed by atoms with Crippen molar-refractivity contribution in [3.63, 3.8) is 0 Å². The predicted molar refractivity (Wildman–Crippen MR) is 53.2 cm³/mol. The molecule has 1 heterocycles. The van der Waals surface area contributed by atoms with Crippen molar-refractivity contribution in [2.75, 3.05) is 11.9 Å². The fraction of sp³-hybridized carbons (Fsp3) is 0.182. The second-order valence-corrected chi connectivity index (χ2v) is 3.12. The SMILES string of the molecule is C=CC(=O)c1ccc2c(c1)NCC2. The van der Waals surface area contributed by atoms with Crippen LogP contribution in [0.5, 0.6) is 0 Å². The van der Waals surface area contributed by atoms with Gasteiger partial charge in [0, 0.05) is 17.8 Å². The first-order chi connectivity index (χ1) is 6.31. The molecule has 2 rings (SSSR count). The number of carbonyl (C=O) groups excluding carboxylic acids is 1. The summed E-state index contributed by atoms with van der Waals surface area (Å²) >= 11 is 0. The van der Waals surface area contributed by atoms with Crippen molar-refractivity contribution in [3.8, 4) is 0 Å². The maximum absolute atomic E-state index is 11.3. The van der Waals surface area contributed by atoms with Gasteiger partial charge >= 0.3 is 0 Å². The van der Waals surface area contributed by atoms with E-state index in [1.165, 1.54) is 11.6 Å². The quantitative estimate of drug-likeness (QED) is 0.547. The summed E-state index contributed by atoms with van der Waals surface area (Å²) in [4.78, 5) is 11.3. The molecule has 0 aromatic heterocycles. The van der Waals surface area contributed by atoms with Gasteiger partial charge in [0.2, 0.25) is 0 Å². The molecule has 1 aromatic rings. The van der Waals surface area contributed by atoms with Crippen LogP contribution in [0.15, 0.2) is 30.9 Å². The number of ketones is 1. The van der Waals surface area contributed by atoms with E-state index in [0.29, 0.717) is 5.56 Å². The first-order valence-electron chi connectivity index (χ1n) is 4.35. The molecule has 66 valence electrons. The van der Waals surface area contributed by atoms with Gasteiger partial charge in [-0.3, -0.25) is 4.79 Å². The van der Waals surface area contributed by atoms with E-state index in [1.807, 2.05) is 18.2 Å². The Labute approximate surface area is 77.3 Å². The summed E-state index contributed by atoms with van der Waals surface area (Å²) in [6.45, 7) is 4.43. The van der Waals surface area contributed by atoms with E-state index in [0.717, 1.165) is 18.7 Å². The fourth-order valence-corrected chi connectivity index (χ4v) is 1.56. The molecule has 0 saturated heterocycles. The number of nitrogens with one attached hydrogen (secondary N) is 1. The van der Waals surface area contributed by atoms with Gasteiger partial charge in [-0.25, -0.2) is 0 Å². The molecule has 2 nitrogen and oxygen atoms in total. The van der Waals surface area contributed by atoms with E-state index in [4.69, 9.17) is 0 Å². The van der Waals surface area contributed by atoms with Gasteiger partial charge in [0.25, 0.3) is 0 Å².